The van der Waals surface area contributed by atoms with Crippen molar-refractivity contribution in [2.75, 3.05) is 13.2 Å². The number of aliphatic hydroxyl groups excluding tert-OH is 1. The minimum absolute atomic E-state index is 0.0524. The van der Waals surface area contributed by atoms with E-state index in [0.29, 0.717) is 4.88 Å². The number of nitrogens with zero attached hydrogens (tertiary/aromatic N) is 2. The number of hydrogen-bond acceptors (Lipinski definition) is 5. The molecule has 2 rings (SSSR count). The van der Waals surface area contributed by atoms with Crippen LogP contribution in [0.5, 0.6) is 0 Å². The third-order valence-corrected chi connectivity index (χ3v) is 4.86. The van der Waals surface area contributed by atoms with Gasteiger partial charge in [0.1, 0.15) is 12.3 Å². The van der Waals surface area contributed by atoms with Crippen molar-refractivity contribution in [3.8, 4) is 0 Å². The Balaban J connectivity index is 2.56. The highest BCUT2D eigenvalue weighted by Crippen LogP contribution is 2.23. The Labute approximate surface area is 114 Å². The largest absolute Gasteiger partial charge is 0.388 e. The molecule has 0 fully saturated rings. The van der Waals surface area contributed by atoms with Crippen molar-refractivity contribution >= 4 is 33.0 Å². The second kappa shape index (κ2) is 5.24. The van der Waals surface area contributed by atoms with Crippen molar-refractivity contribution in [2.45, 2.75) is 6.92 Å². The minimum atomic E-state index is -3.93. The molecule has 1 aromatic heterocycles. The van der Waals surface area contributed by atoms with E-state index in [2.05, 4.69) is 4.40 Å². The van der Waals surface area contributed by atoms with Gasteiger partial charge in [0.15, 0.2) is 0 Å². The monoisotopic (exact) mass is 300 g/mol. The van der Waals surface area contributed by atoms with Gasteiger partial charge < -0.3 is 5.11 Å². The maximum Gasteiger partial charge on any atom is 0.345 e. The molecule has 1 aliphatic heterocycles. The molecule has 102 valence electrons. The molecule has 0 atom stereocenters. The average molecular weight is 300 g/mol. The van der Waals surface area contributed by atoms with Crippen LogP contribution in [0.3, 0.4) is 0 Å². The van der Waals surface area contributed by atoms with E-state index in [1.165, 1.54) is 17.4 Å². The van der Waals surface area contributed by atoms with Crippen LogP contribution < -0.4 is 0 Å². The molecule has 8 heteroatoms. The molecule has 1 aromatic rings. The van der Waals surface area contributed by atoms with Crippen molar-refractivity contribution in [1.29, 1.82) is 0 Å². The van der Waals surface area contributed by atoms with Gasteiger partial charge in [-0.15, -0.1) is 15.7 Å². The molecule has 0 spiro atoms. The van der Waals surface area contributed by atoms with Crippen LogP contribution in [0, 0.1) is 0 Å². The average Bonchev–Trinajstić information content (AvgIpc) is 2.89. The molecule has 0 aromatic carbocycles. The van der Waals surface area contributed by atoms with Crippen molar-refractivity contribution in [3.63, 3.8) is 0 Å². The van der Waals surface area contributed by atoms with Crippen LogP contribution in [0.25, 0.3) is 0 Å². The third kappa shape index (κ3) is 2.60. The Morgan fingerprint density at radius 3 is 2.79 bits per heavy atom. The zero-order chi connectivity index (χ0) is 14.0. The molecule has 19 heavy (non-hydrogen) atoms. The summed E-state index contributed by atoms with van der Waals surface area (Å²) in [5.41, 5.74) is 0.167. The second-order valence-corrected chi connectivity index (χ2v) is 6.17. The van der Waals surface area contributed by atoms with E-state index < -0.39 is 22.6 Å². The van der Waals surface area contributed by atoms with Crippen LogP contribution in [-0.2, 0) is 15.0 Å². The number of rotatable bonds is 4. The predicted molar refractivity (Wildman–Crippen MR) is 72.3 cm³/mol. The van der Waals surface area contributed by atoms with E-state index in [9.17, 15) is 13.2 Å². The Morgan fingerprint density at radius 1 is 1.53 bits per heavy atom. The van der Waals surface area contributed by atoms with Crippen molar-refractivity contribution < 1.29 is 18.3 Å². The number of allylic oxidation sites excluding steroid dienone is 1. The second-order valence-electron chi connectivity index (χ2n) is 3.71. The summed E-state index contributed by atoms with van der Waals surface area (Å²) in [6.07, 6.45) is 1.40. The number of aliphatic hydroxyl groups is 1. The zero-order valence-corrected chi connectivity index (χ0v) is 11.7. The molecule has 1 aliphatic rings. The van der Waals surface area contributed by atoms with E-state index in [1.54, 1.807) is 24.4 Å². The summed E-state index contributed by atoms with van der Waals surface area (Å²) >= 11 is 1.33. The SMILES string of the molecule is CCN1C(C(=O)CO)=CC(c2cccs2)=NS1(=O)=O. The first kappa shape index (κ1) is 13.9. The molecule has 0 unspecified atom stereocenters. The smallest absolute Gasteiger partial charge is 0.345 e. The molecule has 6 nitrogen and oxygen atoms in total. The number of carbonyl (C=O) groups is 1. The van der Waals surface area contributed by atoms with E-state index in [0.717, 1.165) is 4.31 Å². The number of likely N-dealkylation sites (N-methyl/N-ethyl adjacent to an activating group) is 1. The number of ketones is 1. The molecular formula is C11H12N2O4S2. The Kier molecular flexibility index (Phi) is 3.83. The topological polar surface area (TPSA) is 87.0 Å². The Hall–Kier alpha value is -1.51. The number of Topliss-reactive ketones (excluding diaryl/α,β-unsaturated/α-hetero) is 1. The first-order valence-corrected chi connectivity index (χ1v) is 7.79. The van der Waals surface area contributed by atoms with Crippen LogP contribution in [0.4, 0.5) is 0 Å². The van der Waals surface area contributed by atoms with E-state index in [4.69, 9.17) is 5.11 Å². The quantitative estimate of drug-likeness (QED) is 0.880. The molecule has 0 saturated heterocycles. The summed E-state index contributed by atoms with van der Waals surface area (Å²) in [7, 11) is -3.93. The van der Waals surface area contributed by atoms with E-state index in [1.807, 2.05) is 0 Å². The zero-order valence-electron chi connectivity index (χ0n) is 10.1. The summed E-state index contributed by atoms with van der Waals surface area (Å²) in [5.74, 6) is -0.644. The lowest BCUT2D eigenvalue weighted by Crippen LogP contribution is -2.37. The molecule has 2 heterocycles. The first-order chi connectivity index (χ1) is 8.99. The van der Waals surface area contributed by atoms with E-state index >= 15 is 0 Å². The summed E-state index contributed by atoms with van der Waals surface area (Å²) < 4.78 is 28.6. The van der Waals surface area contributed by atoms with Gasteiger partial charge >= 0.3 is 10.2 Å². The fourth-order valence-electron chi connectivity index (χ4n) is 1.70. The number of hydrogen-bond donors (Lipinski definition) is 1. The fourth-order valence-corrected chi connectivity index (χ4v) is 3.67. The summed E-state index contributed by atoms with van der Waals surface area (Å²) in [6.45, 7) is 0.943. The standard InChI is InChI=1S/C11H12N2O4S2/c1-2-13-9(10(15)7-14)6-8(12-19(13,16)17)11-4-3-5-18-11/h3-6,14H,2,7H2,1H3. The van der Waals surface area contributed by atoms with Crippen LogP contribution in [0.15, 0.2) is 33.7 Å². The van der Waals surface area contributed by atoms with Gasteiger partial charge in [0.2, 0.25) is 5.78 Å². The number of carbonyl (C=O) groups excluding carboxylic acids is 1. The molecule has 0 saturated carbocycles. The van der Waals surface area contributed by atoms with Crippen molar-refractivity contribution in [3.05, 3.63) is 34.2 Å². The van der Waals surface area contributed by atoms with Gasteiger partial charge in [-0.1, -0.05) is 6.07 Å². The normalized spacial score (nSPS) is 17.9. The highest BCUT2D eigenvalue weighted by Gasteiger charge is 2.31. The Bertz CT molecular complexity index is 644. The Morgan fingerprint density at radius 2 is 2.26 bits per heavy atom. The lowest BCUT2D eigenvalue weighted by molar-refractivity contribution is -0.119. The molecule has 0 amide bonds. The van der Waals surface area contributed by atoms with E-state index in [-0.39, 0.29) is 18.0 Å². The minimum Gasteiger partial charge on any atom is -0.388 e. The van der Waals surface area contributed by atoms with Gasteiger partial charge in [0.25, 0.3) is 0 Å². The van der Waals surface area contributed by atoms with Crippen molar-refractivity contribution in [1.82, 2.24) is 4.31 Å². The van der Waals surface area contributed by atoms with Gasteiger partial charge in [-0.25, -0.2) is 4.31 Å². The first-order valence-electron chi connectivity index (χ1n) is 5.52. The van der Waals surface area contributed by atoms with Crippen LogP contribution >= 0.6 is 11.3 Å². The molecule has 0 aliphatic carbocycles. The fraction of sp³-hybridized carbons (Fsp3) is 0.273. The van der Waals surface area contributed by atoms with Gasteiger partial charge in [-0.3, -0.25) is 4.79 Å². The summed E-state index contributed by atoms with van der Waals surface area (Å²) in [5, 5.41) is 10.7. The van der Waals surface area contributed by atoms with Gasteiger partial charge in [-0.05, 0) is 24.4 Å². The van der Waals surface area contributed by atoms with Gasteiger partial charge in [0.05, 0.1) is 10.6 Å². The van der Waals surface area contributed by atoms with Crippen LogP contribution in [0.2, 0.25) is 0 Å². The van der Waals surface area contributed by atoms with Gasteiger partial charge in [0, 0.05) is 6.54 Å². The molecule has 1 N–H and O–H groups in total. The summed E-state index contributed by atoms with van der Waals surface area (Å²) in [4.78, 5) is 12.3. The van der Waals surface area contributed by atoms with Gasteiger partial charge in [-0.2, -0.15) is 8.42 Å². The van der Waals surface area contributed by atoms with Crippen LogP contribution in [-0.4, -0.2) is 42.5 Å². The maximum atomic E-state index is 12.0. The molecule has 0 bridgehead atoms. The predicted octanol–water partition coefficient (Wildman–Crippen LogP) is 0.563. The lowest BCUT2D eigenvalue weighted by Gasteiger charge is -2.25. The summed E-state index contributed by atoms with van der Waals surface area (Å²) in [6, 6.07) is 3.49. The highest BCUT2D eigenvalue weighted by atomic mass is 32.2. The third-order valence-electron chi connectivity index (χ3n) is 2.52. The molecular weight excluding hydrogens is 288 g/mol. The maximum absolute atomic E-state index is 12.0. The lowest BCUT2D eigenvalue weighted by atomic mass is 10.2. The van der Waals surface area contributed by atoms with Crippen LogP contribution in [0.1, 0.15) is 11.8 Å². The number of thiophene rings is 1. The molecule has 0 radical (unpaired) electrons. The van der Waals surface area contributed by atoms with Crippen molar-refractivity contribution in [2.24, 2.45) is 4.40 Å². The highest BCUT2D eigenvalue weighted by molar-refractivity contribution is 7.88.